The molecule has 2 aromatic heterocycles. The third kappa shape index (κ3) is 3.57. The molecule has 1 spiro atoms. The van der Waals surface area contributed by atoms with E-state index >= 15 is 0 Å². The summed E-state index contributed by atoms with van der Waals surface area (Å²) in [6.45, 7) is 3.69. The number of likely N-dealkylation sites (tertiary alicyclic amines) is 1. The molecule has 0 radical (unpaired) electrons. The standard InChI is InChI=1S/C19H23N3O2/c1-4-16(11-20-7-1)13-22-9-3-6-19(15-22)10-18(14-23-19)24-17-5-2-8-21-12-17/h1-2,4-5,7-8,11-12,18H,3,6,9-10,13-15H2. The van der Waals surface area contributed by atoms with Gasteiger partial charge in [-0.05, 0) is 43.1 Å². The lowest BCUT2D eigenvalue weighted by Gasteiger charge is -2.39. The van der Waals surface area contributed by atoms with E-state index in [1.807, 2.05) is 30.6 Å². The van der Waals surface area contributed by atoms with Gasteiger partial charge in [0.05, 0.1) is 18.4 Å². The number of rotatable bonds is 4. The molecule has 0 aromatic carbocycles. The van der Waals surface area contributed by atoms with Gasteiger partial charge in [-0.3, -0.25) is 14.9 Å². The van der Waals surface area contributed by atoms with Crippen molar-refractivity contribution in [3.05, 3.63) is 54.6 Å². The van der Waals surface area contributed by atoms with Crippen LogP contribution >= 0.6 is 0 Å². The van der Waals surface area contributed by atoms with Crippen LogP contribution < -0.4 is 4.74 Å². The van der Waals surface area contributed by atoms with Crippen LogP contribution in [0.3, 0.4) is 0 Å². The van der Waals surface area contributed by atoms with Crippen LogP contribution in [0, 0.1) is 0 Å². The van der Waals surface area contributed by atoms with Crippen molar-refractivity contribution in [3.8, 4) is 5.75 Å². The molecule has 24 heavy (non-hydrogen) atoms. The summed E-state index contributed by atoms with van der Waals surface area (Å²) in [5, 5.41) is 0. The summed E-state index contributed by atoms with van der Waals surface area (Å²) in [4.78, 5) is 10.8. The van der Waals surface area contributed by atoms with Crippen molar-refractivity contribution < 1.29 is 9.47 Å². The number of nitrogens with zero attached hydrogens (tertiary/aromatic N) is 3. The van der Waals surface area contributed by atoms with Gasteiger partial charge in [0.1, 0.15) is 11.9 Å². The lowest BCUT2D eigenvalue weighted by atomic mass is 9.89. The van der Waals surface area contributed by atoms with Gasteiger partial charge in [-0.1, -0.05) is 6.07 Å². The first-order valence-electron chi connectivity index (χ1n) is 8.63. The summed E-state index contributed by atoms with van der Waals surface area (Å²) in [5.74, 6) is 0.825. The van der Waals surface area contributed by atoms with Crippen molar-refractivity contribution in [2.45, 2.75) is 37.5 Å². The van der Waals surface area contributed by atoms with Crippen molar-refractivity contribution in [2.75, 3.05) is 19.7 Å². The summed E-state index contributed by atoms with van der Waals surface area (Å²) >= 11 is 0. The van der Waals surface area contributed by atoms with Crippen molar-refractivity contribution >= 4 is 0 Å². The molecule has 5 heteroatoms. The molecular formula is C19H23N3O2. The number of pyridine rings is 2. The van der Waals surface area contributed by atoms with E-state index in [1.54, 1.807) is 12.4 Å². The van der Waals surface area contributed by atoms with E-state index in [0.29, 0.717) is 6.61 Å². The second-order valence-corrected chi connectivity index (χ2v) is 6.80. The van der Waals surface area contributed by atoms with E-state index < -0.39 is 0 Å². The Morgan fingerprint density at radius 3 is 2.88 bits per heavy atom. The summed E-state index contributed by atoms with van der Waals surface area (Å²) in [6.07, 6.45) is 10.6. The largest absolute Gasteiger partial charge is 0.486 e. The highest BCUT2D eigenvalue weighted by Crippen LogP contribution is 2.36. The highest BCUT2D eigenvalue weighted by atomic mass is 16.6. The lowest BCUT2D eigenvalue weighted by Crippen LogP contribution is -2.47. The van der Waals surface area contributed by atoms with Crippen LogP contribution in [0.4, 0.5) is 0 Å². The molecule has 2 aromatic rings. The molecule has 2 saturated heterocycles. The average Bonchev–Trinajstić information content (AvgIpc) is 2.98. The van der Waals surface area contributed by atoms with Crippen molar-refractivity contribution in [3.63, 3.8) is 0 Å². The van der Waals surface area contributed by atoms with Gasteiger partial charge >= 0.3 is 0 Å². The smallest absolute Gasteiger partial charge is 0.138 e. The van der Waals surface area contributed by atoms with Gasteiger partial charge in [-0.15, -0.1) is 0 Å². The number of piperidine rings is 1. The second kappa shape index (κ2) is 6.87. The molecule has 0 aliphatic carbocycles. The maximum absolute atomic E-state index is 6.23. The summed E-state index contributed by atoms with van der Waals surface area (Å²) < 4.78 is 12.3. The van der Waals surface area contributed by atoms with Gasteiger partial charge in [0.15, 0.2) is 0 Å². The van der Waals surface area contributed by atoms with E-state index in [-0.39, 0.29) is 11.7 Å². The van der Waals surface area contributed by atoms with Crippen LogP contribution in [0.5, 0.6) is 5.75 Å². The molecule has 5 nitrogen and oxygen atoms in total. The van der Waals surface area contributed by atoms with Crippen molar-refractivity contribution in [1.29, 1.82) is 0 Å². The highest BCUT2D eigenvalue weighted by molar-refractivity contribution is 5.16. The van der Waals surface area contributed by atoms with Gasteiger partial charge in [0.2, 0.25) is 0 Å². The monoisotopic (exact) mass is 325 g/mol. The molecule has 4 rings (SSSR count). The maximum Gasteiger partial charge on any atom is 0.138 e. The number of aromatic nitrogens is 2. The molecule has 2 aliphatic rings. The van der Waals surface area contributed by atoms with Gasteiger partial charge in [-0.25, -0.2) is 0 Å². The topological polar surface area (TPSA) is 47.5 Å². The minimum absolute atomic E-state index is 0.0622. The van der Waals surface area contributed by atoms with E-state index in [0.717, 1.165) is 38.2 Å². The van der Waals surface area contributed by atoms with Crippen LogP contribution in [0.15, 0.2) is 49.1 Å². The van der Waals surface area contributed by atoms with Crippen LogP contribution in [0.25, 0.3) is 0 Å². The Morgan fingerprint density at radius 1 is 1.21 bits per heavy atom. The Labute approximate surface area is 142 Å². The SMILES string of the molecule is c1cncc(CN2CCCC3(CC(Oc4cccnc4)CO3)C2)c1. The fourth-order valence-electron chi connectivity index (χ4n) is 3.85. The maximum atomic E-state index is 6.23. The van der Waals surface area contributed by atoms with Gasteiger partial charge in [0, 0.05) is 38.1 Å². The number of hydrogen-bond donors (Lipinski definition) is 0. The second-order valence-electron chi connectivity index (χ2n) is 6.80. The summed E-state index contributed by atoms with van der Waals surface area (Å²) in [5.41, 5.74) is 1.20. The molecule has 0 N–H and O–H groups in total. The quantitative estimate of drug-likeness (QED) is 0.865. The Balaban J connectivity index is 1.37. The summed E-state index contributed by atoms with van der Waals surface area (Å²) in [7, 11) is 0. The molecule has 126 valence electrons. The molecule has 0 amide bonds. The molecule has 2 unspecified atom stereocenters. The first-order valence-corrected chi connectivity index (χ1v) is 8.63. The normalized spacial score (nSPS) is 27.4. The van der Waals surface area contributed by atoms with Crippen molar-refractivity contribution in [1.82, 2.24) is 14.9 Å². The van der Waals surface area contributed by atoms with Crippen LogP contribution in [-0.2, 0) is 11.3 Å². The molecule has 2 fully saturated rings. The van der Waals surface area contributed by atoms with E-state index in [4.69, 9.17) is 9.47 Å². The molecular weight excluding hydrogens is 302 g/mol. The molecule has 4 heterocycles. The predicted molar refractivity (Wildman–Crippen MR) is 90.7 cm³/mol. The van der Waals surface area contributed by atoms with Crippen LogP contribution in [0.2, 0.25) is 0 Å². The zero-order valence-corrected chi connectivity index (χ0v) is 13.8. The highest BCUT2D eigenvalue weighted by Gasteiger charge is 2.44. The Hall–Kier alpha value is -1.98. The van der Waals surface area contributed by atoms with E-state index in [1.165, 1.54) is 12.0 Å². The van der Waals surface area contributed by atoms with Crippen molar-refractivity contribution in [2.24, 2.45) is 0 Å². The van der Waals surface area contributed by atoms with Gasteiger partial charge in [0.25, 0.3) is 0 Å². The molecule has 0 saturated carbocycles. The lowest BCUT2D eigenvalue weighted by molar-refractivity contribution is -0.0538. The van der Waals surface area contributed by atoms with E-state index in [9.17, 15) is 0 Å². The van der Waals surface area contributed by atoms with Crippen LogP contribution in [-0.4, -0.2) is 46.3 Å². The fourth-order valence-corrected chi connectivity index (χ4v) is 3.85. The third-order valence-corrected chi connectivity index (χ3v) is 4.86. The minimum atomic E-state index is -0.0622. The first kappa shape index (κ1) is 15.5. The van der Waals surface area contributed by atoms with E-state index in [2.05, 4.69) is 20.9 Å². The summed E-state index contributed by atoms with van der Waals surface area (Å²) in [6, 6.07) is 7.99. The Morgan fingerprint density at radius 2 is 2.08 bits per heavy atom. The average molecular weight is 325 g/mol. The zero-order valence-electron chi connectivity index (χ0n) is 13.8. The minimum Gasteiger partial charge on any atom is -0.486 e. The van der Waals surface area contributed by atoms with Gasteiger partial charge in [-0.2, -0.15) is 0 Å². The Kier molecular flexibility index (Phi) is 4.45. The predicted octanol–water partition coefficient (Wildman–Crippen LogP) is 2.68. The molecule has 0 bridgehead atoms. The van der Waals surface area contributed by atoms with Crippen LogP contribution in [0.1, 0.15) is 24.8 Å². The Bertz CT molecular complexity index is 652. The zero-order chi connectivity index (χ0) is 16.2. The first-order chi connectivity index (χ1) is 11.8. The molecule has 2 aliphatic heterocycles. The fraction of sp³-hybridized carbons (Fsp3) is 0.474. The van der Waals surface area contributed by atoms with Gasteiger partial charge < -0.3 is 9.47 Å². The number of ether oxygens (including phenoxy) is 2. The third-order valence-electron chi connectivity index (χ3n) is 4.86. The number of hydrogen-bond acceptors (Lipinski definition) is 5. The molecule has 2 atom stereocenters.